The van der Waals surface area contributed by atoms with Crippen molar-refractivity contribution in [2.75, 3.05) is 39.9 Å². The van der Waals surface area contributed by atoms with E-state index in [4.69, 9.17) is 9.47 Å². The van der Waals surface area contributed by atoms with Crippen LogP contribution in [0.25, 0.3) is 0 Å². The minimum atomic E-state index is -0.437. The first-order chi connectivity index (χ1) is 10.9. The molecule has 2 aliphatic rings. The molecule has 1 saturated carbocycles. The number of hydrogen-bond donors (Lipinski definition) is 0. The lowest BCUT2D eigenvalue weighted by molar-refractivity contribution is -0.0135. The van der Waals surface area contributed by atoms with E-state index in [1.165, 1.54) is 32.1 Å². The van der Waals surface area contributed by atoms with Gasteiger partial charge in [-0.1, -0.05) is 19.3 Å². The smallest absolute Gasteiger partial charge is 0.410 e. The zero-order valence-electron chi connectivity index (χ0n) is 15.3. The van der Waals surface area contributed by atoms with Crippen LogP contribution in [0.15, 0.2) is 0 Å². The fraction of sp³-hybridized carbons (Fsp3) is 0.944. The summed E-state index contributed by atoms with van der Waals surface area (Å²) in [5.74, 6) is 0.816. The van der Waals surface area contributed by atoms with Gasteiger partial charge in [0.05, 0.1) is 12.6 Å². The Hall–Kier alpha value is -0.810. The number of methoxy groups -OCH3 is 1. The van der Waals surface area contributed by atoms with Crippen LogP contribution < -0.4 is 0 Å². The van der Waals surface area contributed by atoms with Gasteiger partial charge in [0.25, 0.3) is 0 Å². The number of nitrogens with zero attached hydrogens (tertiary/aromatic N) is 2. The number of ether oxygens (including phenoxy) is 2. The average Bonchev–Trinajstić information content (AvgIpc) is 2.48. The van der Waals surface area contributed by atoms with Crippen LogP contribution in [0.2, 0.25) is 0 Å². The largest absolute Gasteiger partial charge is 0.444 e. The molecule has 0 spiro atoms. The maximum Gasteiger partial charge on any atom is 0.410 e. The average molecular weight is 326 g/mol. The molecule has 0 radical (unpaired) electrons. The van der Waals surface area contributed by atoms with Crippen LogP contribution in [-0.2, 0) is 9.47 Å². The van der Waals surface area contributed by atoms with Gasteiger partial charge < -0.3 is 14.4 Å². The number of hydrogen-bond acceptors (Lipinski definition) is 4. The van der Waals surface area contributed by atoms with E-state index < -0.39 is 5.60 Å². The molecule has 1 saturated heterocycles. The Balaban J connectivity index is 1.90. The van der Waals surface area contributed by atoms with Gasteiger partial charge in [-0.15, -0.1) is 0 Å². The lowest BCUT2D eigenvalue weighted by atomic mass is 9.88. The van der Waals surface area contributed by atoms with E-state index in [1.54, 1.807) is 7.11 Å². The second-order valence-electron chi connectivity index (χ2n) is 8.03. The highest BCUT2D eigenvalue weighted by molar-refractivity contribution is 5.68. The molecule has 1 aliphatic heterocycles. The molecule has 0 aromatic carbocycles. The molecule has 23 heavy (non-hydrogen) atoms. The van der Waals surface area contributed by atoms with Crippen molar-refractivity contribution in [3.8, 4) is 0 Å². The number of carbonyl (C=O) groups excluding carboxylic acids is 1. The Kier molecular flexibility index (Phi) is 6.72. The predicted octanol–water partition coefficient (Wildman–Crippen LogP) is 3.13. The van der Waals surface area contributed by atoms with Crippen LogP contribution in [-0.4, -0.2) is 67.4 Å². The summed E-state index contributed by atoms with van der Waals surface area (Å²) in [6.07, 6.45) is 6.65. The van der Waals surface area contributed by atoms with Crippen molar-refractivity contribution in [2.24, 2.45) is 5.92 Å². The molecule has 0 aromatic heterocycles. The number of rotatable bonds is 4. The van der Waals surface area contributed by atoms with Crippen molar-refractivity contribution >= 4 is 6.09 Å². The van der Waals surface area contributed by atoms with E-state index in [-0.39, 0.29) is 12.1 Å². The SMILES string of the molecule is COC[C@H]1CN(C(=O)OC(C)(C)C)CCN1CC1CCCCC1. The van der Waals surface area contributed by atoms with Gasteiger partial charge in [0.15, 0.2) is 0 Å². The summed E-state index contributed by atoms with van der Waals surface area (Å²) >= 11 is 0. The Morgan fingerprint density at radius 3 is 2.43 bits per heavy atom. The summed E-state index contributed by atoms with van der Waals surface area (Å²) in [6, 6.07) is 0.281. The third-order valence-electron chi connectivity index (χ3n) is 4.83. The van der Waals surface area contributed by atoms with E-state index in [9.17, 15) is 4.79 Å². The molecule has 0 N–H and O–H groups in total. The van der Waals surface area contributed by atoms with Crippen molar-refractivity contribution in [2.45, 2.75) is 64.5 Å². The van der Waals surface area contributed by atoms with Gasteiger partial charge in [-0.05, 0) is 39.5 Å². The first-order valence-electron chi connectivity index (χ1n) is 9.10. The highest BCUT2D eigenvalue weighted by Gasteiger charge is 2.33. The molecule has 134 valence electrons. The lowest BCUT2D eigenvalue weighted by Gasteiger charge is -2.43. The maximum absolute atomic E-state index is 12.3. The van der Waals surface area contributed by atoms with Crippen LogP contribution in [0.4, 0.5) is 4.79 Å². The molecule has 5 heteroatoms. The summed E-state index contributed by atoms with van der Waals surface area (Å²) in [6.45, 7) is 9.94. The van der Waals surface area contributed by atoms with E-state index in [1.807, 2.05) is 25.7 Å². The first-order valence-corrected chi connectivity index (χ1v) is 9.10. The first kappa shape index (κ1) is 18.5. The number of piperazine rings is 1. The third-order valence-corrected chi connectivity index (χ3v) is 4.83. The minimum Gasteiger partial charge on any atom is -0.444 e. The zero-order valence-corrected chi connectivity index (χ0v) is 15.3. The summed E-state index contributed by atoms with van der Waals surface area (Å²) in [7, 11) is 1.74. The zero-order chi connectivity index (χ0) is 16.9. The fourth-order valence-corrected chi connectivity index (χ4v) is 3.68. The van der Waals surface area contributed by atoms with E-state index in [0.717, 1.165) is 25.6 Å². The number of amides is 1. The topological polar surface area (TPSA) is 42.0 Å². The van der Waals surface area contributed by atoms with Crippen molar-refractivity contribution in [1.82, 2.24) is 9.80 Å². The van der Waals surface area contributed by atoms with Crippen LogP contribution in [0, 0.1) is 5.92 Å². The molecule has 1 amide bonds. The van der Waals surface area contributed by atoms with Gasteiger partial charge in [0.1, 0.15) is 5.60 Å². The molecule has 0 aromatic rings. The summed E-state index contributed by atoms with van der Waals surface area (Å²) < 4.78 is 10.9. The van der Waals surface area contributed by atoms with Crippen molar-refractivity contribution in [3.63, 3.8) is 0 Å². The van der Waals surface area contributed by atoms with Gasteiger partial charge in [0, 0.05) is 33.3 Å². The Bertz CT molecular complexity index is 375. The van der Waals surface area contributed by atoms with E-state index in [0.29, 0.717) is 13.2 Å². The number of carbonyl (C=O) groups is 1. The molecule has 1 aliphatic carbocycles. The quantitative estimate of drug-likeness (QED) is 0.796. The van der Waals surface area contributed by atoms with Crippen molar-refractivity contribution in [1.29, 1.82) is 0 Å². The molecular formula is C18H34N2O3. The molecular weight excluding hydrogens is 292 g/mol. The van der Waals surface area contributed by atoms with Gasteiger partial charge >= 0.3 is 6.09 Å². The molecule has 1 heterocycles. The standard InChI is InChI=1S/C18H34N2O3/c1-18(2,3)23-17(21)20-11-10-19(16(13-20)14-22-4)12-15-8-6-5-7-9-15/h15-16H,5-14H2,1-4H3/t16-/m1/s1. The maximum atomic E-state index is 12.3. The summed E-state index contributed by atoms with van der Waals surface area (Å²) in [5.41, 5.74) is -0.437. The Morgan fingerprint density at radius 2 is 1.83 bits per heavy atom. The van der Waals surface area contributed by atoms with Gasteiger partial charge in [-0.25, -0.2) is 4.79 Å². The monoisotopic (exact) mass is 326 g/mol. The summed E-state index contributed by atoms with van der Waals surface area (Å²) in [5, 5.41) is 0. The second-order valence-corrected chi connectivity index (χ2v) is 8.03. The van der Waals surface area contributed by atoms with Crippen molar-refractivity contribution in [3.05, 3.63) is 0 Å². The molecule has 2 fully saturated rings. The highest BCUT2D eigenvalue weighted by atomic mass is 16.6. The van der Waals surface area contributed by atoms with Crippen LogP contribution in [0.5, 0.6) is 0 Å². The van der Waals surface area contributed by atoms with E-state index in [2.05, 4.69) is 4.90 Å². The lowest BCUT2D eigenvalue weighted by Crippen LogP contribution is -2.57. The fourth-order valence-electron chi connectivity index (χ4n) is 3.68. The molecule has 0 bridgehead atoms. The third kappa shape index (κ3) is 5.96. The van der Waals surface area contributed by atoms with Gasteiger partial charge in [0.2, 0.25) is 0 Å². The predicted molar refractivity (Wildman–Crippen MR) is 91.6 cm³/mol. The minimum absolute atomic E-state index is 0.198. The Labute approximate surface area is 141 Å². The highest BCUT2D eigenvalue weighted by Crippen LogP contribution is 2.26. The molecule has 5 nitrogen and oxygen atoms in total. The van der Waals surface area contributed by atoms with Crippen LogP contribution >= 0.6 is 0 Å². The molecule has 2 rings (SSSR count). The van der Waals surface area contributed by atoms with Gasteiger partial charge in [-0.2, -0.15) is 0 Å². The van der Waals surface area contributed by atoms with Crippen LogP contribution in [0.3, 0.4) is 0 Å². The normalized spacial score (nSPS) is 24.7. The Morgan fingerprint density at radius 1 is 1.13 bits per heavy atom. The van der Waals surface area contributed by atoms with Gasteiger partial charge in [-0.3, -0.25) is 4.90 Å². The second kappa shape index (κ2) is 8.34. The molecule has 0 unspecified atom stereocenters. The van der Waals surface area contributed by atoms with Crippen molar-refractivity contribution < 1.29 is 14.3 Å². The molecule has 1 atom stereocenters. The summed E-state index contributed by atoms with van der Waals surface area (Å²) in [4.78, 5) is 16.7. The van der Waals surface area contributed by atoms with Crippen LogP contribution in [0.1, 0.15) is 52.9 Å². The van der Waals surface area contributed by atoms with E-state index >= 15 is 0 Å².